The zero-order valence-electron chi connectivity index (χ0n) is 49.6. The minimum atomic E-state index is -1.04. The lowest BCUT2D eigenvalue weighted by Crippen LogP contribution is -2.14. The van der Waals surface area contributed by atoms with E-state index < -0.39 is 29.6 Å². The number of halogens is 2. The van der Waals surface area contributed by atoms with Crippen molar-refractivity contribution in [3.63, 3.8) is 0 Å². The Morgan fingerprint density at radius 1 is 0.351 bits per heavy atom. The lowest BCUT2D eigenvalue weighted by Gasteiger charge is -2.25. The van der Waals surface area contributed by atoms with Crippen molar-refractivity contribution in [2.45, 2.75) is 26.2 Å². The maximum absolute atomic E-state index is 11.4. The van der Waals surface area contributed by atoms with E-state index in [2.05, 4.69) is 0 Å². The predicted octanol–water partition coefficient (Wildman–Crippen LogP) is 20.7. The van der Waals surface area contributed by atoms with E-state index in [0.29, 0.717) is 43.7 Å². The fourth-order valence-electron chi connectivity index (χ4n) is 10.8. The van der Waals surface area contributed by atoms with Gasteiger partial charge in [-0.3, -0.25) is 0 Å². The monoisotopic (exact) mass is 997 g/mol. The van der Waals surface area contributed by atoms with Gasteiger partial charge in [0.05, 0.1) is 44.4 Å². The molecule has 0 fully saturated rings. The van der Waals surface area contributed by atoms with Crippen LogP contribution in [0.4, 0.5) is 0 Å². The van der Waals surface area contributed by atoms with E-state index in [1.807, 2.05) is 215 Å². The van der Waals surface area contributed by atoms with E-state index in [4.69, 9.17) is 23.2 Å². The summed E-state index contributed by atoms with van der Waals surface area (Å²) in [5, 5.41) is 7.23. The molecule has 11 aromatic carbocycles. The Bertz CT molecular complexity index is 4780. The molecule has 0 aliphatic heterocycles. The highest BCUT2D eigenvalue weighted by Gasteiger charge is 2.23. The summed E-state index contributed by atoms with van der Waals surface area (Å²) < 4.78 is 95.4. The third-order valence-electron chi connectivity index (χ3n) is 14.1. The normalized spacial score (nSPS) is 13.6. The zero-order valence-corrected chi connectivity index (χ0v) is 42.1. The third kappa shape index (κ3) is 7.56. The largest absolute Gasteiger partial charge is 0.308 e. The van der Waals surface area contributed by atoms with E-state index in [1.165, 1.54) is 0 Å². The smallest absolute Gasteiger partial charge is 0.0667 e. The van der Waals surface area contributed by atoms with Gasteiger partial charge in [0.1, 0.15) is 0 Å². The summed E-state index contributed by atoms with van der Waals surface area (Å²) in [7, 11) is 0. The fourth-order valence-corrected chi connectivity index (χ4v) is 11.2. The summed E-state index contributed by atoms with van der Waals surface area (Å²) in [6, 6.07) is 59.0. The first-order chi connectivity index (χ1) is 40.0. The molecule has 13 aromatic rings. The summed E-state index contributed by atoms with van der Waals surface area (Å²) in [6.45, 7) is 5.72. The van der Waals surface area contributed by atoms with Crippen molar-refractivity contribution in [1.29, 1.82) is 0 Å². The second-order valence-electron chi connectivity index (χ2n) is 19.5. The van der Waals surface area contributed by atoms with Crippen LogP contribution in [-0.2, 0) is 5.41 Å². The van der Waals surface area contributed by atoms with Gasteiger partial charge in [-0.25, -0.2) is 0 Å². The molecule has 0 bridgehead atoms. The van der Waals surface area contributed by atoms with Gasteiger partial charge in [-0.1, -0.05) is 250 Å². The van der Waals surface area contributed by atoms with Crippen molar-refractivity contribution >= 4 is 110 Å². The number of fused-ring (bicyclic) bond motifs is 14. The van der Waals surface area contributed by atoms with Gasteiger partial charge < -0.3 is 9.13 Å². The minimum absolute atomic E-state index is 0.0287. The molecule has 0 saturated carbocycles. The zero-order chi connectivity index (χ0) is 57.9. The van der Waals surface area contributed by atoms with Crippen molar-refractivity contribution in [2.24, 2.45) is 0 Å². The average molecular weight is 999 g/mol. The molecule has 4 heteroatoms. The highest BCUT2D eigenvalue weighted by molar-refractivity contribution is 6.39. The maximum Gasteiger partial charge on any atom is 0.0667 e. The van der Waals surface area contributed by atoms with Gasteiger partial charge in [0, 0.05) is 44.0 Å². The van der Waals surface area contributed by atoms with Crippen molar-refractivity contribution in [2.75, 3.05) is 0 Å². The van der Waals surface area contributed by atoms with Gasteiger partial charge in [0.15, 0.2) is 0 Å². The standard InChI is InChI=1S/C70H50Cl2N2/c1-70(2,3)47-42-48(73-64-40-20-38-62(71)66(64)58-32-16-14-28-54(58)52-26-10-12-30-56(52)60-36-18-34-50(68(60)73)45-22-6-4-7-23-45)44-49(43-47)74-65-41-21-39-63(72)67(65)59-33-17-15-29-55(59)53-27-11-13-31-57(53)61-37-19-35-51(69(61)74)46-24-8-5-9-25-46/h4-44H,1-3H3/i20D,21D,38D,39D,40D,41D,42D,43D,44D. The van der Waals surface area contributed by atoms with Crippen molar-refractivity contribution in [3.05, 3.63) is 264 Å². The molecular weight excluding hydrogens is 940 g/mol. The molecule has 2 nitrogen and oxygen atoms in total. The molecule has 0 amide bonds. The number of aromatic nitrogens is 2. The van der Waals surface area contributed by atoms with E-state index >= 15 is 0 Å². The van der Waals surface area contributed by atoms with Crippen LogP contribution in [0.3, 0.4) is 0 Å². The lowest BCUT2D eigenvalue weighted by molar-refractivity contribution is 0.589. The van der Waals surface area contributed by atoms with E-state index in [-0.39, 0.29) is 79.0 Å². The molecule has 0 aliphatic carbocycles. The Morgan fingerprint density at radius 2 is 0.676 bits per heavy atom. The number of para-hydroxylation sites is 2. The molecule has 2 heterocycles. The minimum Gasteiger partial charge on any atom is -0.308 e. The predicted molar refractivity (Wildman–Crippen MR) is 320 cm³/mol. The Hall–Kier alpha value is -8.40. The van der Waals surface area contributed by atoms with Crippen LogP contribution in [0.5, 0.6) is 0 Å². The van der Waals surface area contributed by atoms with Gasteiger partial charge in [-0.2, -0.15) is 0 Å². The van der Waals surface area contributed by atoms with Crippen LogP contribution >= 0.6 is 23.2 Å². The lowest BCUT2D eigenvalue weighted by atomic mass is 9.86. The first kappa shape index (κ1) is 36.5. The molecule has 0 radical (unpaired) electrons. The molecule has 354 valence electrons. The quantitative estimate of drug-likeness (QED) is 0.166. The molecule has 0 spiro atoms. The summed E-state index contributed by atoms with van der Waals surface area (Å²) in [6.07, 6.45) is 0. The summed E-state index contributed by atoms with van der Waals surface area (Å²) in [4.78, 5) is 0. The first-order valence-electron chi connectivity index (χ1n) is 29.1. The number of hydrogen-bond donors (Lipinski definition) is 0. The molecule has 13 rings (SSSR count). The summed E-state index contributed by atoms with van der Waals surface area (Å²) in [5.74, 6) is 0. The molecule has 0 N–H and O–H groups in total. The molecule has 0 unspecified atom stereocenters. The highest BCUT2D eigenvalue weighted by Crippen LogP contribution is 2.44. The fraction of sp³-hybridized carbons (Fsp3) is 0.0571. The molecule has 0 saturated heterocycles. The van der Waals surface area contributed by atoms with E-state index in [9.17, 15) is 12.3 Å². The van der Waals surface area contributed by atoms with Gasteiger partial charge >= 0.3 is 0 Å². The van der Waals surface area contributed by atoms with Gasteiger partial charge in [0.25, 0.3) is 0 Å². The van der Waals surface area contributed by atoms with Gasteiger partial charge in [0.2, 0.25) is 0 Å². The molecular formula is C70H50Cl2N2. The van der Waals surface area contributed by atoms with Crippen LogP contribution in [0.15, 0.2) is 249 Å². The molecule has 74 heavy (non-hydrogen) atoms. The van der Waals surface area contributed by atoms with Crippen molar-refractivity contribution in [3.8, 4) is 33.6 Å². The summed E-state index contributed by atoms with van der Waals surface area (Å²) >= 11 is 15.2. The van der Waals surface area contributed by atoms with Crippen LogP contribution < -0.4 is 0 Å². The maximum atomic E-state index is 11.4. The van der Waals surface area contributed by atoms with Gasteiger partial charge in [-0.05, 0) is 107 Å². The van der Waals surface area contributed by atoms with Crippen molar-refractivity contribution < 1.29 is 12.3 Å². The van der Waals surface area contributed by atoms with Crippen LogP contribution in [0.25, 0.3) is 120 Å². The molecule has 2 aromatic heterocycles. The van der Waals surface area contributed by atoms with Crippen LogP contribution in [0.2, 0.25) is 10.0 Å². The van der Waals surface area contributed by atoms with Crippen LogP contribution in [-0.4, -0.2) is 9.13 Å². The third-order valence-corrected chi connectivity index (χ3v) is 14.7. The SMILES string of the molecule is [2H]c1c(-n2c3c(-c4ccccc4)cccc3c3ccccc3c3ccccc3c3c(Cl)c([2H])c([2H])c([2H])c32)c([2H])c(C(C)(C)C)c([2H])c1-n1c2c(-c3ccccc3)cccc2c2ccccc2c2ccccc2c2c(Cl)c([2H])c([2H])c([2H])c21. The van der Waals surface area contributed by atoms with E-state index in [1.54, 1.807) is 9.13 Å². The average Bonchev–Trinajstić information content (AvgIpc) is 2.02. The summed E-state index contributed by atoms with van der Waals surface area (Å²) in [5.41, 5.74) is 2.69. The molecule has 0 aliphatic rings. The number of rotatable bonds is 4. The number of nitrogens with zero attached hydrogens (tertiary/aromatic N) is 2. The Kier molecular flexibility index (Phi) is 9.01. The van der Waals surface area contributed by atoms with Gasteiger partial charge in [-0.15, -0.1) is 0 Å². The number of hydrogen-bond acceptors (Lipinski definition) is 0. The second kappa shape index (κ2) is 18.3. The van der Waals surface area contributed by atoms with Crippen LogP contribution in [0.1, 0.15) is 38.7 Å². The van der Waals surface area contributed by atoms with Crippen molar-refractivity contribution in [1.82, 2.24) is 9.13 Å². The first-order valence-corrected chi connectivity index (χ1v) is 25.3. The Labute approximate surface area is 453 Å². The van der Waals surface area contributed by atoms with Crippen LogP contribution in [0, 0.1) is 0 Å². The molecule has 0 atom stereocenters. The van der Waals surface area contributed by atoms with E-state index in [0.717, 1.165) is 43.4 Å². The topological polar surface area (TPSA) is 9.86 Å². The Balaban J connectivity index is 1.45. The number of benzene rings is 11. The second-order valence-corrected chi connectivity index (χ2v) is 20.3. The Morgan fingerprint density at radius 3 is 1.05 bits per heavy atom. The highest BCUT2D eigenvalue weighted by atomic mass is 35.5.